The lowest BCUT2D eigenvalue weighted by atomic mass is 10.3. The molecule has 0 heterocycles. The second-order valence-corrected chi connectivity index (χ2v) is 5.30. The molecule has 0 aliphatic carbocycles. The van der Waals surface area contributed by atoms with Crippen LogP contribution in [-0.4, -0.2) is 44.6 Å². The molecule has 0 radical (unpaired) electrons. The maximum atomic E-state index is 13.4. The van der Waals surface area contributed by atoms with Gasteiger partial charge in [-0.15, -0.1) is 0 Å². The number of para-hydroxylation sites is 2. The van der Waals surface area contributed by atoms with Crippen LogP contribution in [0.1, 0.15) is 0 Å². The van der Waals surface area contributed by atoms with Gasteiger partial charge < -0.3 is 9.64 Å². The molecule has 4 nitrogen and oxygen atoms in total. The van der Waals surface area contributed by atoms with Gasteiger partial charge >= 0.3 is 0 Å². The van der Waals surface area contributed by atoms with Crippen molar-refractivity contribution in [2.75, 3.05) is 38.7 Å². The van der Waals surface area contributed by atoms with Crippen LogP contribution in [0.2, 0.25) is 0 Å². The Hall–Kier alpha value is -2.40. The van der Waals surface area contributed by atoms with E-state index >= 15 is 0 Å². The van der Waals surface area contributed by atoms with Crippen LogP contribution in [0.3, 0.4) is 0 Å². The van der Waals surface area contributed by atoms with E-state index in [2.05, 4.69) is 0 Å². The first-order valence-corrected chi connectivity index (χ1v) is 7.45. The number of likely N-dealkylation sites (N-methyl/N-ethyl adjacent to an activating group) is 2. The van der Waals surface area contributed by atoms with Crippen molar-refractivity contribution >= 4 is 11.6 Å². The molecule has 0 atom stereocenters. The SMILES string of the molecule is CN(CCOc1ccccc1F)CC(=O)N(C)c1ccccc1. The Morgan fingerprint density at radius 2 is 1.70 bits per heavy atom. The molecule has 0 spiro atoms. The Balaban J connectivity index is 1.77. The summed E-state index contributed by atoms with van der Waals surface area (Å²) in [6.07, 6.45) is 0. The van der Waals surface area contributed by atoms with E-state index in [1.54, 1.807) is 30.1 Å². The van der Waals surface area contributed by atoms with E-state index in [9.17, 15) is 9.18 Å². The monoisotopic (exact) mass is 316 g/mol. The Kier molecular flexibility index (Phi) is 6.11. The zero-order valence-electron chi connectivity index (χ0n) is 13.4. The van der Waals surface area contributed by atoms with Crippen LogP contribution in [0, 0.1) is 5.82 Å². The molecule has 0 N–H and O–H groups in total. The van der Waals surface area contributed by atoms with Crippen LogP contribution in [0.5, 0.6) is 5.75 Å². The number of halogens is 1. The summed E-state index contributed by atoms with van der Waals surface area (Å²) in [6, 6.07) is 15.8. The Morgan fingerprint density at radius 3 is 2.39 bits per heavy atom. The maximum absolute atomic E-state index is 13.4. The van der Waals surface area contributed by atoms with Crippen molar-refractivity contribution in [1.29, 1.82) is 0 Å². The summed E-state index contributed by atoms with van der Waals surface area (Å²) in [6.45, 7) is 1.12. The van der Waals surface area contributed by atoms with Gasteiger partial charge in [0.05, 0.1) is 6.54 Å². The molecule has 0 saturated heterocycles. The first-order valence-electron chi connectivity index (χ1n) is 7.45. The van der Waals surface area contributed by atoms with Crippen LogP contribution in [0.4, 0.5) is 10.1 Å². The summed E-state index contributed by atoms with van der Waals surface area (Å²) >= 11 is 0. The zero-order chi connectivity index (χ0) is 16.7. The maximum Gasteiger partial charge on any atom is 0.240 e. The van der Waals surface area contributed by atoms with Crippen LogP contribution in [-0.2, 0) is 4.79 Å². The highest BCUT2D eigenvalue weighted by Crippen LogP contribution is 2.15. The number of ether oxygens (including phenoxy) is 1. The molecule has 0 unspecified atom stereocenters. The Bertz CT molecular complexity index is 634. The van der Waals surface area contributed by atoms with Gasteiger partial charge in [-0.1, -0.05) is 30.3 Å². The number of carbonyl (C=O) groups is 1. The molecule has 122 valence electrons. The molecule has 2 aromatic carbocycles. The number of hydrogen-bond acceptors (Lipinski definition) is 3. The normalized spacial score (nSPS) is 10.6. The van der Waals surface area contributed by atoms with E-state index in [0.29, 0.717) is 13.2 Å². The number of amides is 1. The second kappa shape index (κ2) is 8.29. The van der Waals surface area contributed by atoms with Gasteiger partial charge in [0, 0.05) is 19.3 Å². The molecule has 0 fully saturated rings. The number of rotatable bonds is 7. The fraction of sp³-hybridized carbons (Fsp3) is 0.278. The van der Waals surface area contributed by atoms with Gasteiger partial charge in [0.2, 0.25) is 5.91 Å². The fourth-order valence-corrected chi connectivity index (χ4v) is 2.08. The van der Waals surface area contributed by atoms with Crippen molar-refractivity contribution in [3.8, 4) is 5.75 Å². The predicted octanol–water partition coefficient (Wildman–Crippen LogP) is 2.80. The molecule has 0 aliphatic heterocycles. The minimum absolute atomic E-state index is 0.00964. The summed E-state index contributed by atoms with van der Waals surface area (Å²) in [4.78, 5) is 15.7. The average molecular weight is 316 g/mol. The molecule has 23 heavy (non-hydrogen) atoms. The number of benzene rings is 2. The standard InChI is InChI=1S/C18H21FN2O2/c1-20(12-13-23-17-11-7-6-10-16(17)19)14-18(22)21(2)15-8-4-3-5-9-15/h3-11H,12-14H2,1-2H3. The summed E-state index contributed by atoms with van der Waals surface area (Å²) < 4.78 is 18.8. The number of hydrogen-bond donors (Lipinski definition) is 0. The first kappa shape index (κ1) is 17.0. The van der Waals surface area contributed by atoms with E-state index in [4.69, 9.17) is 4.74 Å². The average Bonchev–Trinajstić information content (AvgIpc) is 2.56. The Morgan fingerprint density at radius 1 is 1.04 bits per heavy atom. The second-order valence-electron chi connectivity index (χ2n) is 5.30. The van der Waals surface area contributed by atoms with E-state index < -0.39 is 0 Å². The van der Waals surface area contributed by atoms with Gasteiger partial charge in [-0.3, -0.25) is 9.69 Å². The van der Waals surface area contributed by atoms with Crippen molar-refractivity contribution in [2.45, 2.75) is 0 Å². The molecule has 2 rings (SSSR count). The summed E-state index contributed by atoms with van der Waals surface area (Å²) in [7, 11) is 3.59. The molecule has 0 saturated carbocycles. The highest BCUT2D eigenvalue weighted by molar-refractivity contribution is 5.94. The highest BCUT2D eigenvalue weighted by Gasteiger charge is 2.13. The van der Waals surface area contributed by atoms with Gasteiger partial charge in [0.25, 0.3) is 0 Å². The molecule has 0 bridgehead atoms. The zero-order valence-corrected chi connectivity index (χ0v) is 13.4. The van der Waals surface area contributed by atoms with Gasteiger partial charge in [-0.05, 0) is 31.3 Å². The van der Waals surface area contributed by atoms with Crippen molar-refractivity contribution in [3.05, 3.63) is 60.4 Å². The van der Waals surface area contributed by atoms with Crippen LogP contribution in [0.15, 0.2) is 54.6 Å². The van der Waals surface area contributed by atoms with Crippen LogP contribution >= 0.6 is 0 Å². The third-order valence-corrected chi connectivity index (χ3v) is 3.49. The van der Waals surface area contributed by atoms with Gasteiger partial charge in [0.1, 0.15) is 6.61 Å². The lowest BCUT2D eigenvalue weighted by Gasteiger charge is -2.22. The third kappa shape index (κ3) is 5.07. The summed E-state index contributed by atoms with van der Waals surface area (Å²) in [5.41, 5.74) is 0.855. The molecule has 0 aromatic heterocycles. The van der Waals surface area contributed by atoms with Crippen LogP contribution in [0.25, 0.3) is 0 Å². The number of carbonyl (C=O) groups excluding carboxylic acids is 1. The van der Waals surface area contributed by atoms with Gasteiger partial charge in [-0.2, -0.15) is 0 Å². The minimum Gasteiger partial charge on any atom is -0.489 e. The fourth-order valence-electron chi connectivity index (χ4n) is 2.08. The summed E-state index contributed by atoms with van der Waals surface area (Å²) in [5.74, 6) is -0.159. The van der Waals surface area contributed by atoms with Crippen molar-refractivity contribution in [3.63, 3.8) is 0 Å². The number of nitrogens with zero attached hydrogens (tertiary/aromatic N) is 2. The van der Waals surface area contributed by atoms with Gasteiger partial charge in [-0.25, -0.2) is 4.39 Å². The number of anilines is 1. The quantitative estimate of drug-likeness (QED) is 0.787. The molecule has 1 amide bonds. The molecular formula is C18H21FN2O2. The van der Waals surface area contributed by atoms with E-state index in [0.717, 1.165) is 5.69 Å². The lowest BCUT2D eigenvalue weighted by Crippen LogP contribution is -2.38. The van der Waals surface area contributed by atoms with E-state index in [1.807, 2.05) is 42.3 Å². The topological polar surface area (TPSA) is 32.8 Å². The molecular weight excluding hydrogens is 295 g/mol. The van der Waals surface area contributed by atoms with Crippen molar-refractivity contribution in [1.82, 2.24) is 4.90 Å². The van der Waals surface area contributed by atoms with Crippen molar-refractivity contribution in [2.24, 2.45) is 0 Å². The summed E-state index contributed by atoms with van der Waals surface area (Å²) in [5, 5.41) is 0. The van der Waals surface area contributed by atoms with E-state index in [1.165, 1.54) is 6.07 Å². The lowest BCUT2D eigenvalue weighted by molar-refractivity contribution is -0.119. The van der Waals surface area contributed by atoms with E-state index in [-0.39, 0.29) is 24.0 Å². The highest BCUT2D eigenvalue weighted by atomic mass is 19.1. The first-order chi connectivity index (χ1) is 11.1. The predicted molar refractivity (Wildman–Crippen MR) is 89.2 cm³/mol. The minimum atomic E-state index is -0.380. The van der Waals surface area contributed by atoms with Gasteiger partial charge in [0.15, 0.2) is 11.6 Å². The smallest absolute Gasteiger partial charge is 0.240 e. The van der Waals surface area contributed by atoms with Crippen molar-refractivity contribution < 1.29 is 13.9 Å². The van der Waals surface area contributed by atoms with Crippen LogP contribution < -0.4 is 9.64 Å². The Labute approximate surface area is 136 Å². The molecule has 2 aromatic rings. The molecule has 5 heteroatoms. The molecule has 0 aliphatic rings. The largest absolute Gasteiger partial charge is 0.489 e. The third-order valence-electron chi connectivity index (χ3n) is 3.49.